The zero-order valence-corrected chi connectivity index (χ0v) is 13.0. The van der Waals surface area contributed by atoms with Crippen molar-refractivity contribution in [2.75, 3.05) is 6.54 Å². The summed E-state index contributed by atoms with van der Waals surface area (Å²) in [7, 11) is 0. The molecule has 1 aliphatic rings. The van der Waals surface area contributed by atoms with Crippen LogP contribution >= 0.6 is 0 Å². The summed E-state index contributed by atoms with van der Waals surface area (Å²) in [6.45, 7) is 7.79. The Hall–Kier alpha value is -0.890. The van der Waals surface area contributed by atoms with Crippen LogP contribution in [-0.2, 0) is 6.42 Å². The molecule has 2 heteroatoms. The Morgan fingerprint density at radius 3 is 2.65 bits per heavy atom. The van der Waals surface area contributed by atoms with E-state index in [4.69, 9.17) is 0 Å². The Morgan fingerprint density at radius 1 is 1.20 bits per heavy atom. The van der Waals surface area contributed by atoms with Gasteiger partial charge in [0, 0.05) is 6.04 Å². The zero-order valence-electron chi connectivity index (χ0n) is 13.0. The van der Waals surface area contributed by atoms with Gasteiger partial charge in [0.05, 0.1) is 0 Å². The molecule has 1 nitrogen and oxygen atoms in total. The van der Waals surface area contributed by atoms with E-state index in [1.54, 1.807) is 12.1 Å². The molecule has 0 spiro atoms. The summed E-state index contributed by atoms with van der Waals surface area (Å²) in [5, 5.41) is 3.57. The van der Waals surface area contributed by atoms with Crippen molar-refractivity contribution in [1.82, 2.24) is 5.32 Å². The van der Waals surface area contributed by atoms with E-state index in [2.05, 4.69) is 26.1 Å². The third-order valence-electron chi connectivity index (χ3n) is 4.63. The molecule has 2 rings (SSSR count). The van der Waals surface area contributed by atoms with E-state index in [1.165, 1.54) is 19.3 Å². The van der Waals surface area contributed by atoms with Crippen LogP contribution in [0.3, 0.4) is 0 Å². The van der Waals surface area contributed by atoms with Gasteiger partial charge in [-0.2, -0.15) is 0 Å². The lowest BCUT2D eigenvalue weighted by Gasteiger charge is -2.36. The molecule has 0 radical (unpaired) electrons. The summed E-state index contributed by atoms with van der Waals surface area (Å²) >= 11 is 0. The number of halogens is 1. The lowest BCUT2D eigenvalue weighted by atomic mass is 9.72. The van der Waals surface area contributed by atoms with Crippen LogP contribution in [0.4, 0.5) is 4.39 Å². The molecule has 0 heterocycles. The fourth-order valence-corrected chi connectivity index (χ4v) is 3.41. The molecule has 3 unspecified atom stereocenters. The van der Waals surface area contributed by atoms with Crippen molar-refractivity contribution < 1.29 is 4.39 Å². The molecule has 1 fully saturated rings. The summed E-state index contributed by atoms with van der Waals surface area (Å²) in [5.74, 6) is 2.04. The zero-order chi connectivity index (χ0) is 14.5. The third kappa shape index (κ3) is 4.31. The minimum Gasteiger partial charge on any atom is -0.314 e. The quantitative estimate of drug-likeness (QED) is 0.840. The van der Waals surface area contributed by atoms with Crippen LogP contribution in [0.1, 0.15) is 45.6 Å². The van der Waals surface area contributed by atoms with Gasteiger partial charge in [-0.25, -0.2) is 4.39 Å². The highest BCUT2D eigenvalue weighted by molar-refractivity contribution is 5.18. The van der Waals surface area contributed by atoms with Crippen molar-refractivity contribution in [3.63, 3.8) is 0 Å². The molecule has 0 aromatic heterocycles. The maximum Gasteiger partial charge on any atom is 0.126 e. The molecule has 0 bridgehead atoms. The summed E-state index contributed by atoms with van der Waals surface area (Å²) < 4.78 is 13.9. The molecule has 20 heavy (non-hydrogen) atoms. The highest BCUT2D eigenvalue weighted by Gasteiger charge is 2.29. The van der Waals surface area contributed by atoms with Crippen LogP contribution in [0, 0.1) is 23.6 Å². The average molecular weight is 277 g/mol. The molecule has 112 valence electrons. The predicted octanol–water partition coefficient (Wildman–Crippen LogP) is 4.42. The van der Waals surface area contributed by atoms with Gasteiger partial charge in [0.15, 0.2) is 0 Å². The van der Waals surface area contributed by atoms with Gasteiger partial charge in [-0.15, -0.1) is 0 Å². The summed E-state index contributed by atoms with van der Waals surface area (Å²) in [4.78, 5) is 0. The van der Waals surface area contributed by atoms with Gasteiger partial charge in [0.2, 0.25) is 0 Å². The number of benzene rings is 1. The summed E-state index contributed by atoms with van der Waals surface area (Å²) in [5.41, 5.74) is 0.890. The van der Waals surface area contributed by atoms with E-state index in [0.29, 0.717) is 17.9 Å². The molecular weight excluding hydrogens is 249 g/mol. The maximum atomic E-state index is 13.9. The molecule has 3 atom stereocenters. The van der Waals surface area contributed by atoms with E-state index in [-0.39, 0.29) is 5.82 Å². The standard InChI is InChI=1S/C18H28FN/c1-13(2)20-12-16-9-8-14(3)10-17(16)11-15-6-4-5-7-18(15)19/h4-7,13-14,16-17,20H,8-12H2,1-3H3. The summed E-state index contributed by atoms with van der Waals surface area (Å²) in [6, 6.07) is 7.79. The molecule has 1 N–H and O–H groups in total. The Kier molecular flexibility index (Phi) is 5.59. The minimum absolute atomic E-state index is 0.0405. The lowest BCUT2D eigenvalue weighted by molar-refractivity contribution is 0.180. The van der Waals surface area contributed by atoms with Crippen LogP contribution < -0.4 is 5.32 Å². The smallest absolute Gasteiger partial charge is 0.126 e. The van der Waals surface area contributed by atoms with Crippen molar-refractivity contribution in [3.8, 4) is 0 Å². The van der Waals surface area contributed by atoms with Crippen LogP contribution in [0.15, 0.2) is 24.3 Å². The molecule has 1 saturated carbocycles. The topological polar surface area (TPSA) is 12.0 Å². The molecule has 0 aliphatic heterocycles. The van der Waals surface area contributed by atoms with Gasteiger partial charge in [0.25, 0.3) is 0 Å². The Labute approximate surface area is 123 Å². The fraction of sp³-hybridized carbons (Fsp3) is 0.667. The second-order valence-corrected chi connectivity index (χ2v) is 6.80. The Bertz CT molecular complexity index is 416. The molecule has 0 saturated heterocycles. The maximum absolute atomic E-state index is 13.9. The average Bonchev–Trinajstić information content (AvgIpc) is 2.40. The summed E-state index contributed by atoms with van der Waals surface area (Å²) in [6.07, 6.45) is 4.72. The monoisotopic (exact) mass is 277 g/mol. The molecule has 1 aliphatic carbocycles. The Balaban J connectivity index is 2.02. The number of nitrogens with one attached hydrogen (secondary N) is 1. The molecular formula is C18H28FN. The van der Waals surface area contributed by atoms with Crippen molar-refractivity contribution in [2.24, 2.45) is 17.8 Å². The van der Waals surface area contributed by atoms with E-state index in [9.17, 15) is 4.39 Å². The van der Waals surface area contributed by atoms with Crippen LogP contribution in [0.5, 0.6) is 0 Å². The predicted molar refractivity (Wildman–Crippen MR) is 83.2 cm³/mol. The van der Waals surface area contributed by atoms with Gasteiger partial charge in [-0.05, 0) is 55.2 Å². The van der Waals surface area contributed by atoms with Gasteiger partial charge in [0.1, 0.15) is 5.82 Å². The SMILES string of the molecule is CC1CCC(CNC(C)C)C(Cc2ccccc2F)C1. The first-order valence-corrected chi connectivity index (χ1v) is 8.03. The van der Waals surface area contributed by atoms with Crippen molar-refractivity contribution in [3.05, 3.63) is 35.6 Å². The lowest BCUT2D eigenvalue weighted by Crippen LogP contribution is -2.36. The second kappa shape index (κ2) is 7.21. The molecule has 1 aromatic carbocycles. The minimum atomic E-state index is -0.0405. The normalized spacial score (nSPS) is 26.9. The first kappa shape index (κ1) is 15.5. The second-order valence-electron chi connectivity index (χ2n) is 6.80. The van der Waals surface area contributed by atoms with Crippen LogP contribution in [-0.4, -0.2) is 12.6 Å². The van der Waals surface area contributed by atoms with Crippen molar-refractivity contribution in [1.29, 1.82) is 0 Å². The van der Waals surface area contributed by atoms with Crippen molar-refractivity contribution in [2.45, 2.75) is 52.5 Å². The van der Waals surface area contributed by atoms with E-state index in [1.807, 2.05) is 12.1 Å². The first-order chi connectivity index (χ1) is 9.56. The van der Waals surface area contributed by atoms with Gasteiger partial charge in [-0.3, -0.25) is 0 Å². The van der Waals surface area contributed by atoms with E-state index >= 15 is 0 Å². The largest absolute Gasteiger partial charge is 0.314 e. The van der Waals surface area contributed by atoms with Gasteiger partial charge >= 0.3 is 0 Å². The van der Waals surface area contributed by atoms with Crippen LogP contribution in [0.25, 0.3) is 0 Å². The van der Waals surface area contributed by atoms with Crippen LogP contribution in [0.2, 0.25) is 0 Å². The molecule has 1 aromatic rings. The highest BCUT2D eigenvalue weighted by atomic mass is 19.1. The molecule has 0 amide bonds. The first-order valence-electron chi connectivity index (χ1n) is 8.03. The van der Waals surface area contributed by atoms with Crippen molar-refractivity contribution >= 4 is 0 Å². The number of hydrogen-bond donors (Lipinski definition) is 1. The highest BCUT2D eigenvalue weighted by Crippen LogP contribution is 2.36. The number of rotatable bonds is 5. The number of hydrogen-bond acceptors (Lipinski definition) is 1. The van der Waals surface area contributed by atoms with E-state index in [0.717, 1.165) is 24.4 Å². The third-order valence-corrected chi connectivity index (χ3v) is 4.63. The fourth-order valence-electron chi connectivity index (χ4n) is 3.41. The van der Waals surface area contributed by atoms with Gasteiger partial charge in [-0.1, -0.05) is 45.4 Å². The Morgan fingerprint density at radius 2 is 1.95 bits per heavy atom. The van der Waals surface area contributed by atoms with E-state index < -0.39 is 0 Å². The van der Waals surface area contributed by atoms with Gasteiger partial charge < -0.3 is 5.32 Å².